The number of cyclic esters (lactones) is 1. The molecule has 1 saturated heterocycles. The zero-order valence-electron chi connectivity index (χ0n) is 4.81. The fourth-order valence-electron chi connectivity index (χ4n) is 0.738. The van der Waals surface area contributed by atoms with Gasteiger partial charge < -0.3 is 4.74 Å². The van der Waals surface area contributed by atoms with Crippen LogP contribution >= 0.6 is 0 Å². The monoisotopic (exact) mass is 112 g/mol. The molecule has 8 heavy (non-hydrogen) atoms. The quantitative estimate of drug-likeness (QED) is 0.343. The highest BCUT2D eigenvalue weighted by atomic mass is 16.5. The zero-order valence-corrected chi connectivity index (χ0v) is 4.81. The highest BCUT2D eigenvalue weighted by molar-refractivity contribution is 5.89. The third-order valence-corrected chi connectivity index (χ3v) is 1.13. The van der Waals surface area contributed by atoms with E-state index in [2.05, 4.69) is 6.58 Å². The first kappa shape index (κ1) is 5.35. The van der Waals surface area contributed by atoms with Crippen LogP contribution in [0.2, 0.25) is 0 Å². The van der Waals surface area contributed by atoms with Gasteiger partial charge in [0.1, 0.15) is 6.10 Å². The topological polar surface area (TPSA) is 26.3 Å². The maximum absolute atomic E-state index is 10.5. The second kappa shape index (κ2) is 1.62. The van der Waals surface area contributed by atoms with Gasteiger partial charge >= 0.3 is 5.97 Å². The Morgan fingerprint density at radius 2 is 2.50 bits per heavy atom. The normalized spacial score (nSPS) is 28.4. The number of carbonyl (C=O) groups excluding carboxylic acids is 1. The molecule has 2 heteroatoms. The zero-order chi connectivity index (χ0) is 6.15. The minimum absolute atomic E-state index is 0.0509. The lowest BCUT2D eigenvalue weighted by molar-refractivity contribution is -0.138. The smallest absolute Gasteiger partial charge is 0.333 e. The van der Waals surface area contributed by atoms with Crippen molar-refractivity contribution in [2.45, 2.75) is 19.4 Å². The molecule has 0 aromatic rings. The Morgan fingerprint density at radius 1 is 1.88 bits per heavy atom. The van der Waals surface area contributed by atoms with Crippen molar-refractivity contribution in [3.8, 4) is 0 Å². The van der Waals surface area contributed by atoms with E-state index < -0.39 is 0 Å². The number of rotatable bonds is 0. The molecule has 0 aliphatic carbocycles. The Bertz CT molecular complexity index is 121. The Labute approximate surface area is 48.1 Å². The molecule has 0 saturated carbocycles. The van der Waals surface area contributed by atoms with Crippen molar-refractivity contribution in [2.75, 3.05) is 0 Å². The van der Waals surface area contributed by atoms with E-state index >= 15 is 0 Å². The molecule has 44 valence electrons. The van der Waals surface area contributed by atoms with Gasteiger partial charge in [0, 0.05) is 12.0 Å². The molecule has 0 aromatic heterocycles. The first-order valence-corrected chi connectivity index (χ1v) is 2.59. The predicted molar refractivity (Wildman–Crippen MR) is 29.3 cm³/mol. The number of hydrogen-bond acceptors (Lipinski definition) is 2. The van der Waals surface area contributed by atoms with E-state index in [0.29, 0.717) is 12.0 Å². The number of carbonyl (C=O) groups is 1. The van der Waals surface area contributed by atoms with Crippen molar-refractivity contribution in [1.82, 2.24) is 0 Å². The minimum atomic E-state index is -0.238. The summed E-state index contributed by atoms with van der Waals surface area (Å²) in [7, 11) is 0. The lowest BCUT2D eigenvalue weighted by Gasteiger charge is -1.94. The molecule has 1 aliphatic rings. The van der Waals surface area contributed by atoms with Crippen LogP contribution in [0.1, 0.15) is 13.3 Å². The molecule has 0 radical (unpaired) electrons. The molecule has 1 rings (SSSR count). The van der Waals surface area contributed by atoms with Crippen LogP contribution in [0, 0.1) is 0 Å². The second-order valence-corrected chi connectivity index (χ2v) is 2.02. The molecule has 0 aromatic carbocycles. The van der Waals surface area contributed by atoms with Crippen molar-refractivity contribution < 1.29 is 9.53 Å². The maximum atomic E-state index is 10.5. The predicted octanol–water partition coefficient (Wildman–Crippen LogP) is 0.878. The van der Waals surface area contributed by atoms with Crippen molar-refractivity contribution in [3.05, 3.63) is 12.2 Å². The first-order chi connectivity index (χ1) is 3.70. The lowest BCUT2D eigenvalue weighted by atomic mass is 10.2. The van der Waals surface area contributed by atoms with E-state index in [0.717, 1.165) is 0 Å². The van der Waals surface area contributed by atoms with Crippen LogP contribution in [-0.2, 0) is 9.53 Å². The molecule has 0 spiro atoms. The van der Waals surface area contributed by atoms with Crippen LogP contribution in [0.5, 0.6) is 0 Å². The third kappa shape index (κ3) is 0.735. The Hall–Kier alpha value is -0.790. The van der Waals surface area contributed by atoms with Gasteiger partial charge in [0.05, 0.1) is 0 Å². The van der Waals surface area contributed by atoms with Crippen molar-refractivity contribution in [1.29, 1.82) is 0 Å². The molecule has 2 nitrogen and oxygen atoms in total. The van der Waals surface area contributed by atoms with Crippen LogP contribution in [0.3, 0.4) is 0 Å². The average Bonchev–Trinajstić information content (AvgIpc) is 1.85. The molecule has 0 bridgehead atoms. The number of ether oxygens (including phenoxy) is 1. The summed E-state index contributed by atoms with van der Waals surface area (Å²) in [6, 6.07) is 0. The SMILES string of the molecule is C=C1C[C@H](C)OC1=O. The van der Waals surface area contributed by atoms with Gasteiger partial charge in [0.25, 0.3) is 0 Å². The van der Waals surface area contributed by atoms with E-state index in [1.54, 1.807) is 0 Å². The van der Waals surface area contributed by atoms with E-state index in [1.165, 1.54) is 0 Å². The van der Waals surface area contributed by atoms with E-state index in [-0.39, 0.29) is 12.1 Å². The van der Waals surface area contributed by atoms with E-state index in [9.17, 15) is 4.79 Å². The Balaban J connectivity index is 2.64. The molecular weight excluding hydrogens is 104 g/mol. The van der Waals surface area contributed by atoms with Crippen LogP contribution < -0.4 is 0 Å². The summed E-state index contributed by atoms with van der Waals surface area (Å²) in [5.74, 6) is -0.238. The minimum Gasteiger partial charge on any atom is -0.459 e. The van der Waals surface area contributed by atoms with Gasteiger partial charge in [0.2, 0.25) is 0 Å². The molecule has 0 N–H and O–H groups in total. The summed E-state index contributed by atoms with van der Waals surface area (Å²) in [4.78, 5) is 10.5. The van der Waals surface area contributed by atoms with Gasteiger partial charge in [-0.2, -0.15) is 0 Å². The fourth-order valence-corrected chi connectivity index (χ4v) is 0.738. The molecule has 1 fully saturated rings. The van der Waals surface area contributed by atoms with Crippen LogP contribution in [0.15, 0.2) is 12.2 Å². The molecule has 0 unspecified atom stereocenters. The standard InChI is InChI=1S/C6H8O2/c1-4-3-5(2)8-6(4)7/h5H,1,3H2,2H3/t5-/m0/s1. The summed E-state index contributed by atoms with van der Waals surface area (Å²) < 4.78 is 4.73. The van der Waals surface area contributed by atoms with Gasteiger partial charge in [-0.05, 0) is 6.92 Å². The highest BCUT2D eigenvalue weighted by Gasteiger charge is 2.22. The Morgan fingerprint density at radius 3 is 2.62 bits per heavy atom. The molecule has 1 heterocycles. The Kier molecular flexibility index (Phi) is 1.08. The maximum Gasteiger partial charge on any atom is 0.333 e. The third-order valence-electron chi connectivity index (χ3n) is 1.13. The fraction of sp³-hybridized carbons (Fsp3) is 0.500. The highest BCUT2D eigenvalue weighted by Crippen LogP contribution is 2.16. The van der Waals surface area contributed by atoms with Crippen LogP contribution in [-0.4, -0.2) is 12.1 Å². The number of hydrogen-bond donors (Lipinski definition) is 0. The molecule has 1 atom stereocenters. The summed E-state index contributed by atoms with van der Waals surface area (Å²) in [5, 5.41) is 0. The summed E-state index contributed by atoms with van der Waals surface area (Å²) in [5.41, 5.74) is 0.595. The van der Waals surface area contributed by atoms with Crippen molar-refractivity contribution >= 4 is 5.97 Å². The van der Waals surface area contributed by atoms with Gasteiger partial charge in [-0.25, -0.2) is 4.79 Å². The summed E-state index contributed by atoms with van der Waals surface area (Å²) in [6.45, 7) is 5.37. The summed E-state index contributed by atoms with van der Waals surface area (Å²) >= 11 is 0. The van der Waals surface area contributed by atoms with Crippen LogP contribution in [0.4, 0.5) is 0 Å². The molecule has 0 amide bonds. The van der Waals surface area contributed by atoms with Gasteiger partial charge in [-0.1, -0.05) is 6.58 Å². The second-order valence-electron chi connectivity index (χ2n) is 2.02. The van der Waals surface area contributed by atoms with Crippen LogP contribution in [0.25, 0.3) is 0 Å². The van der Waals surface area contributed by atoms with E-state index in [1.807, 2.05) is 6.92 Å². The first-order valence-electron chi connectivity index (χ1n) is 2.59. The average molecular weight is 112 g/mol. The van der Waals surface area contributed by atoms with Gasteiger partial charge in [-0.3, -0.25) is 0 Å². The number of esters is 1. The lowest BCUT2D eigenvalue weighted by Crippen LogP contribution is -1.99. The summed E-state index contributed by atoms with van der Waals surface area (Å²) in [6.07, 6.45) is 0.744. The van der Waals surface area contributed by atoms with E-state index in [4.69, 9.17) is 4.74 Å². The molecular formula is C6H8O2. The van der Waals surface area contributed by atoms with Gasteiger partial charge in [-0.15, -0.1) is 0 Å². The largest absolute Gasteiger partial charge is 0.459 e. The van der Waals surface area contributed by atoms with Gasteiger partial charge in [0.15, 0.2) is 0 Å². The van der Waals surface area contributed by atoms with Crippen molar-refractivity contribution in [3.63, 3.8) is 0 Å². The van der Waals surface area contributed by atoms with Crippen molar-refractivity contribution in [2.24, 2.45) is 0 Å². The molecule has 1 aliphatic heterocycles.